The molecule has 2 heterocycles. The van der Waals surface area contributed by atoms with Crippen molar-refractivity contribution in [3.63, 3.8) is 0 Å². The van der Waals surface area contributed by atoms with Crippen molar-refractivity contribution in [2.24, 2.45) is 16.7 Å². The van der Waals surface area contributed by atoms with Gasteiger partial charge in [0.1, 0.15) is 4.60 Å². The smallest absolute Gasteiger partial charge is 0.180 e. The van der Waals surface area contributed by atoms with Crippen LogP contribution in [-0.2, 0) is 0 Å². The minimum atomic E-state index is 0.387. The largest absolute Gasteiger partial charge is 0.367 e. The maximum atomic E-state index is 4.49. The number of halogens is 1. The number of aromatic nitrogens is 3. The molecule has 0 saturated heterocycles. The molecule has 5 heteroatoms. The third kappa shape index (κ3) is 1.86. The van der Waals surface area contributed by atoms with Gasteiger partial charge in [-0.2, -0.15) is 0 Å². The van der Waals surface area contributed by atoms with Gasteiger partial charge in [-0.15, -0.1) is 0 Å². The van der Waals surface area contributed by atoms with Gasteiger partial charge in [0.05, 0.1) is 0 Å². The van der Waals surface area contributed by atoms with E-state index in [2.05, 4.69) is 58.9 Å². The Labute approximate surface area is 121 Å². The summed E-state index contributed by atoms with van der Waals surface area (Å²) in [6.07, 6.45) is 5.64. The van der Waals surface area contributed by atoms with Crippen LogP contribution in [0.2, 0.25) is 0 Å². The molecule has 4 nitrogen and oxygen atoms in total. The van der Waals surface area contributed by atoms with Gasteiger partial charge in [0.15, 0.2) is 11.5 Å². The topological polar surface area (TPSA) is 42.2 Å². The predicted molar refractivity (Wildman–Crippen MR) is 80.2 cm³/mol. The number of hydrogen-bond acceptors (Lipinski definition) is 3. The molecule has 102 valence electrons. The van der Waals surface area contributed by atoms with Gasteiger partial charge in [-0.3, -0.25) is 0 Å². The van der Waals surface area contributed by atoms with Crippen LogP contribution < -0.4 is 5.32 Å². The van der Waals surface area contributed by atoms with Crippen LogP contribution in [0.1, 0.15) is 27.7 Å². The first-order chi connectivity index (χ1) is 8.84. The highest BCUT2D eigenvalue weighted by molar-refractivity contribution is 9.10. The summed E-state index contributed by atoms with van der Waals surface area (Å²) in [4.78, 5) is 8.84. The lowest BCUT2D eigenvalue weighted by Gasteiger charge is -2.08. The third-order valence-corrected chi connectivity index (χ3v) is 5.52. The van der Waals surface area contributed by atoms with Crippen molar-refractivity contribution < 1.29 is 0 Å². The van der Waals surface area contributed by atoms with E-state index in [4.69, 9.17) is 0 Å². The van der Waals surface area contributed by atoms with Gasteiger partial charge in [-0.25, -0.2) is 9.97 Å². The highest BCUT2D eigenvalue weighted by Crippen LogP contribution is 2.68. The molecule has 19 heavy (non-hydrogen) atoms. The molecule has 0 aromatic carbocycles. The number of hydrogen-bond donors (Lipinski definition) is 1. The number of fused-ring (bicyclic) bond motifs is 1. The predicted octanol–water partition coefficient (Wildman–Crippen LogP) is 3.59. The first kappa shape index (κ1) is 12.9. The molecule has 3 rings (SSSR count). The van der Waals surface area contributed by atoms with Crippen LogP contribution in [-0.4, -0.2) is 20.9 Å². The molecule has 0 unspecified atom stereocenters. The normalized spacial score (nSPS) is 20.7. The first-order valence-electron chi connectivity index (χ1n) is 6.57. The summed E-state index contributed by atoms with van der Waals surface area (Å²) >= 11 is 3.44. The lowest BCUT2D eigenvalue weighted by molar-refractivity contribution is 0.457. The molecule has 1 N–H and O–H groups in total. The Morgan fingerprint density at radius 2 is 2.00 bits per heavy atom. The molecule has 0 spiro atoms. The zero-order valence-electron chi connectivity index (χ0n) is 11.7. The van der Waals surface area contributed by atoms with Crippen LogP contribution in [0.3, 0.4) is 0 Å². The SMILES string of the molecule is CC1(C)C(CNc2nc(Br)cn3ccnc23)C1(C)C. The van der Waals surface area contributed by atoms with Gasteiger partial charge in [-0.05, 0) is 32.7 Å². The lowest BCUT2D eigenvalue weighted by Crippen LogP contribution is -2.10. The van der Waals surface area contributed by atoms with Crippen molar-refractivity contribution in [3.8, 4) is 0 Å². The number of nitrogens with one attached hydrogen (secondary N) is 1. The Morgan fingerprint density at radius 1 is 1.32 bits per heavy atom. The molecule has 1 aliphatic carbocycles. The van der Waals surface area contributed by atoms with E-state index in [0.29, 0.717) is 16.7 Å². The van der Waals surface area contributed by atoms with Crippen molar-refractivity contribution in [3.05, 3.63) is 23.2 Å². The fourth-order valence-corrected chi connectivity index (χ4v) is 3.46. The van der Waals surface area contributed by atoms with Crippen molar-refractivity contribution in [2.45, 2.75) is 27.7 Å². The van der Waals surface area contributed by atoms with E-state index in [9.17, 15) is 0 Å². The average Bonchev–Trinajstić information content (AvgIpc) is 2.70. The monoisotopic (exact) mass is 322 g/mol. The first-order valence-corrected chi connectivity index (χ1v) is 7.36. The van der Waals surface area contributed by atoms with E-state index in [0.717, 1.165) is 22.6 Å². The second-order valence-corrected chi connectivity index (χ2v) is 7.26. The molecule has 2 aromatic rings. The van der Waals surface area contributed by atoms with Crippen LogP contribution in [0.4, 0.5) is 5.82 Å². The Morgan fingerprint density at radius 3 is 2.63 bits per heavy atom. The summed E-state index contributed by atoms with van der Waals surface area (Å²) in [6.45, 7) is 10.3. The van der Waals surface area contributed by atoms with E-state index in [1.165, 1.54) is 0 Å². The maximum absolute atomic E-state index is 4.49. The van der Waals surface area contributed by atoms with E-state index in [-0.39, 0.29) is 0 Å². The molecule has 1 saturated carbocycles. The summed E-state index contributed by atoms with van der Waals surface area (Å²) in [5.74, 6) is 1.51. The van der Waals surface area contributed by atoms with Crippen LogP contribution >= 0.6 is 15.9 Å². The van der Waals surface area contributed by atoms with Gasteiger partial charge in [0.25, 0.3) is 0 Å². The zero-order valence-corrected chi connectivity index (χ0v) is 13.3. The summed E-state index contributed by atoms with van der Waals surface area (Å²) in [5, 5.41) is 3.46. The third-order valence-electron chi connectivity index (χ3n) is 5.14. The van der Waals surface area contributed by atoms with Crippen molar-refractivity contribution in [2.75, 3.05) is 11.9 Å². The Hall–Kier alpha value is -1.10. The molecular formula is C14H19BrN4. The Balaban J connectivity index is 1.82. The van der Waals surface area contributed by atoms with Gasteiger partial charge in [0, 0.05) is 25.1 Å². The highest BCUT2D eigenvalue weighted by Gasteiger charge is 2.64. The van der Waals surface area contributed by atoms with Crippen molar-refractivity contribution >= 4 is 27.4 Å². The van der Waals surface area contributed by atoms with Crippen LogP contribution in [0.5, 0.6) is 0 Å². The average molecular weight is 323 g/mol. The zero-order chi connectivity index (χ0) is 13.8. The summed E-state index contributed by atoms with van der Waals surface area (Å²) < 4.78 is 2.79. The lowest BCUT2D eigenvalue weighted by atomic mass is 10.0. The van der Waals surface area contributed by atoms with Crippen molar-refractivity contribution in [1.82, 2.24) is 14.4 Å². The van der Waals surface area contributed by atoms with E-state index in [1.807, 2.05) is 16.8 Å². The summed E-state index contributed by atoms with van der Waals surface area (Å²) in [5.41, 5.74) is 1.65. The van der Waals surface area contributed by atoms with Crippen molar-refractivity contribution in [1.29, 1.82) is 0 Å². The molecule has 0 amide bonds. The van der Waals surface area contributed by atoms with E-state index < -0.39 is 0 Å². The van der Waals surface area contributed by atoms with Crippen LogP contribution in [0.15, 0.2) is 23.2 Å². The van der Waals surface area contributed by atoms with E-state index in [1.54, 1.807) is 6.20 Å². The van der Waals surface area contributed by atoms with Gasteiger partial charge >= 0.3 is 0 Å². The molecule has 1 fully saturated rings. The Kier molecular flexibility index (Phi) is 2.68. The number of imidazole rings is 1. The molecule has 2 aromatic heterocycles. The maximum Gasteiger partial charge on any atom is 0.180 e. The fraction of sp³-hybridized carbons (Fsp3) is 0.571. The van der Waals surface area contributed by atoms with Crippen LogP contribution in [0.25, 0.3) is 5.65 Å². The standard InChI is InChI=1S/C14H19BrN4/c1-13(2)9(14(13,3)4)7-17-11-12-16-5-6-19(12)8-10(15)18-11/h5-6,8-9H,7H2,1-4H3,(H,17,18). The highest BCUT2D eigenvalue weighted by atomic mass is 79.9. The minimum Gasteiger partial charge on any atom is -0.367 e. The fourth-order valence-electron chi connectivity index (χ4n) is 3.06. The second kappa shape index (κ2) is 3.95. The van der Waals surface area contributed by atoms with Gasteiger partial charge in [-0.1, -0.05) is 27.7 Å². The number of rotatable bonds is 3. The number of nitrogens with zero attached hydrogens (tertiary/aromatic N) is 3. The molecular weight excluding hydrogens is 304 g/mol. The summed E-state index contributed by atoms with van der Waals surface area (Å²) in [7, 11) is 0. The molecule has 1 aliphatic rings. The molecule has 0 radical (unpaired) electrons. The van der Waals surface area contributed by atoms with Gasteiger partial charge < -0.3 is 9.72 Å². The molecule has 0 bridgehead atoms. The minimum absolute atomic E-state index is 0.387. The van der Waals surface area contributed by atoms with E-state index >= 15 is 0 Å². The Bertz CT molecular complexity index is 615. The van der Waals surface area contributed by atoms with Crippen LogP contribution in [0, 0.1) is 16.7 Å². The molecule has 0 aliphatic heterocycles. The van der Waals surface area contributed by atoms with Gasteiger partial charge in [0.2, 0.25) is 0 Å². The molecule has 0 atom stereocenters. The second-order valence-electron chi connectivity index (χ2n) is 6.45. The quantitative estimate of drug-likeness (QED) is 0.939. The number of anilines is 1. The summed E-state index contributed by atoms with van der Waals surface area (Å²) in [6, 6.07) is 0.